The van der Waals surface area contributed by atoms with Gasteiger partial charge in [-0.1, -0.05) is 17.1 Å². The van der Waals surface area contributed by atoms with Gasteiger partial charge in [-0.05, 0) is 13.8 Å². The number of rotatable bonds is 0. The van der Waals surface area contributed by atoms with Gasteiger partial charge in [0.2, 0.25) is 0 Å². The van der Waals surface area contributed by atoms with E-state index in [0.29, 0.717) is 6.54 Å². The van der Waals surface area contributed by atoms with Crippen molar-refractivity contribution in [1.29, 1.82) is 0 Å². The molecule has 3 nitrogen and oxygen atoms in total. The van der Waals surface area contributed by atoms with E-state index in [1.165, 1.54) is 0 Å². The minimum atomic E-state index is -0.301. The monoisotopic (exact) mass is 137 g/mol. The molecule has 0 unspecified atom stereocenters. The zero-order valence-corrected chi connectivity index (χ0v) is 6.55. The molecule has 0 aromatic rings. The molecule has 0 aromatic carbocycles. The third-order valence-electron chi connectivity index (χ3n) is 1.15. The molecule has 0 fully saturated rings. The molecular weight excluding hydrogens is 126 g/mol. The average molecular weight is 137 g/mol. The Labute approximate surface area is 61.1 Å². The molecule has 0 N–H and O–H groups in total. The molecule has 0 aliphatic carbocycles. The molecule has 0 aromatic heterocycles. The Bertz CT molecular complexity index is 207. The van der Waals surface area contributed by atoms with Gasteiger partial charge in [0.05, 0.1) is 6.54 Å². The summed E-state index contributed by atoms with van der Waals surface area (Å²) in [5.41, 5.74) is -0.301. The minimum Gasteiger partial charge on any atom is -0.270 e. The zero-order chi connectivity index (χ0) is 7.61. The number of hydrogen-bond acceptors (Lipinski definition) is 3. The Morgan fingerprint density at radius 2 is 2.20 bits per heavy atom. The molecule has 1 aliphatic rings. The molecule has 0 atom stereocenters. The van der Waals surface area contributed by atoms with Crippen LogP contribution in [-0.4, -0.2) is 24.1 Å². The fourth-order valence-electron chi connectivity index (χ4n) is 0.615. The highest BCUT2D eigenvalue weighted by atomic mass is 15.5. The Morgan fingerprint density at radius 3 is 2.90 bits per heavy atom. The normalized spacial score (nSPS) is 21.3. The largest absolute Gasteiger partial charge is 0.270 e. The summed E-state index contributed by atoms with van der Waals surface area (Å²) in [6.45, 7) is 4.57. The molecule has 10 heavy (non-hydrogen) atoms. The fourth-order valence-corrected chi connectivity index (χ4v) is 0.615. The summed E-state index contributed by atoms with van der Waals surface area (Å²) in [4.78, 5) is 0. The van der Waals surface area contributed by atoms with Crippen LogP contribution < -0.4 is 0 Å². The summed E-state index contributed by atoms with van der Waals surface area (Å²) in [6.07, 6.45) is 0. The topological polar surface area (TPSA) is 28.0 Å². The third-order valence-corrected chi connectivity index (χ3v) is 1.15. The van der Waals surface area contributed by atoms with Crippen molar-refractivity contribution in [2.45, 2.75) is 19.4 Å². The zero-order valence-electron chi connectivity index (χ0n) is 6.55. The van der Waals surface area contributed by atoms with Gasteiger partial charge >= 0.3 is 0 Å². The van der Waals surface area contributed by atoms with Crippen molar-refractivity contribution in [3.63, 3.8) is 0 Å². The third kappa shape index (κ3) is 1.73. The first-order valence-corrected chi connectivity index (χ1v) is 3.24. The standard InChI is InChI=1S/C7H11N3/c1-7(2)5-4-6-10(3)9-8-7/h6H2,1-3H3. The van der Waals surface area contributed by atoms with E-state index in [1.54, 1.807) is 5.01 Å². The van der Waals surface area contributed by atoms with Gasteiger partial charge in [0.1, 0.15) is 5.54 Å². The maximum absolute atomic E-state index is 4.01. The highest BCUT2D eigenvalue weighted by Gasteiger charge is 2.13. The van der Waals surface area contributed by atoms with Crippen molar-refractivity contribution >= 4 is 0 Å². The SMILES string of the molecule is CN1CC#CC(C)(C)N=N1. The van der Waals surface area contributed by atoms with Crippen LogP contribution in [0.3, 0.4) is 0 Å². The summed E-state index contributed by atoms with van der Waals surface area (Å²) in [5.74, 6) is 5.97. The van der Waals surface area contributed by atoms with E-state index >= 15 is 0 Å². The summed E-state index contributed by atoms with van der Waals surface area (Å²) >= 11 is 0. The van der Waals surface area contributed by atoms with Gasteiger partial charge in [0, 0.05) is 7.05 Å². The molecule has 0 spiro atoms. The molecule has 54 valence electrons. The van der Waals surface area contributed by atoms with Crippen LogP contribution in [0.5, 0.6) is 0 Å². The van der Waals surface area contributed by atoms with Gasteiger partial charge in [0.15, 0.2) is 0 Å². The second-order valence-corrected chi connectivity index (χ2v) is 2.87. The van der Waals surface area contributed by atoms with Crippen molar-refractivity contribution in [3.8, 4) is 11.8 Å². The molecule has 0 bridgehead atoms. The van der Waals surface area contributed by atoms with Gasteiger partial charge in [-0.3, -0.25) is 5.01 Å². The lowest BCUT2D eigenvalue weighted by Crippen LogP contribution is -2.12. The van der Waals surface area contributed by atoms with Crippen LogP contribution in [0.25, 0.3) is 0 Å². The van der Waals surface area contributed by atoms with E-state index in [-0.39, 0.29) is 5.54 Å². The number of hydrogen-bond donors (Lipinski definition) is 0. The number of nitrogens with zero attached hydrogens (tertiary/aromatic N) is 3. The van der Waals surface area contributed by atoms with Crippen LogP contribution in [0.2, 0.25) is 0 Å². The maximum Gasteiger partial charge on any atom is 0.138 e. The highest BCUT2D eigenvalue weighted by Crippen LogP contribution is 2.09. The lowest BCUT2D eigenvalue weighted by atomic mass is 10.1. The lowest BCUT2D eigenvalue weighted by molar-refractivity contribution is 0.357. The molecule has 1 aliphatic heterocycles. The second kappa shape index (κ2) is 2.30. The van der Waals surface area contributed by atoms with Crippen molar-refractivity contribution in [3.05, 3.63) is 0 Å². The van der Waals surface area contributed by atoms with Crippen molar-refractivity contribution in [2.75, 3.05) is 13.6 Å². The summed E-state index contributed by atoms with van der Waals surface area (Å²) < 4.78 is 0. The Kier molecular flexibility index (Phi) is 1.62. The Balaban J connectivity index is 2.81. The first kappa shape index (κ1) is 7.07. The van der Waals surface area contributed by atoms with Crippen molar-refractivity contribution in [1.82, 2.24) is 5.01 Å². The van der Waals surface area contributed by atoms with Crippen LogP contribution in [0, 0.1) is 11.8 Å². The van der Waals surface area contributed by atoms with Crippen LogP contribution in [0.15, 0.2) is 10.3 Å². The molecule has 3 heteroatoms. The molecule has 1 rings (SSSR count). The highest BCUT2D eigenvalue weighted by molar-refractivity contribution is 5.15. The quantitative estimate of drug-likeness (QED) is 0.459. The van der Waals surface area contributed by atoms with E-state index in [2.05, 4.69) is 22.2 Å². The van der Waals surface area contributed by atoms with Gasteiger partial charge in [-0.15, -0.1) is 0 Å². The molecule has 0 saturated heterocycles. The van der Waals surface area contributed by atoms with Gasteiger partial charge in [0.25, 0.3) is 0 Å². The molecule has 0 amide bonds. The Hall–Kier alpha value is -1.04. The maximum atomic E-state index is 4.01. The van der Waals surface area contributed by atoms with Crippen LogP contribution in [-0.2, 0) is 0 Å². The van der Waals surface area contributed by atoms with Crippen LogP contribution >= 0.6 is 0 Å². The van der Waals surface area contributed by atoms with Crippen molar-refractivity contribution in [2.24, 2.45) is 10.3 Å². The van der Waals surface area contributed by atoms with Crippen molar-refractivity contribution < 1.29 is 0 Å². The van der Waals surface area contributed by atoms with E-state index in [9.17, 15) is 0 Å². The minimum absolute atomic E-state index is 0.301. The van der Waals surface area contributed by atoms with E-state index in [0.717, 1.165) is 0 Å². The predicted octanol–water partition coefficient (Wildman–Crippen LogP) is 1.08. The van der Waals surface area contributed by atoms with Crippen LogP contribution in [0.4, 0.5) is 0 Å². The van der Waals surface area contributed by atoms with Gasteiger partial charge in [-0.2, -0.15) is 5.11 Å². The lowest BCUT2D eigenvalue weighted by Gasteiger charge is -2.08. The van der Waals surface area contributed by atoms with Gasteiger partial charge in [-0.25, -0.2) is 0 Å². The second-order valence-electron chi connectivity index (χ2n) is 2.87. The molecule has 0 radical (unpaired) electrons. The van der Waals surface area contributed by atoms with E-state index in [4.69, 9.17) is 0 Å². The summed E-state index contributed by atoms with van der Waals surface area (Å²) in [6, 6.07) is 0. The fraction of sp³-hybridized carbons (Fsp3) is 0.714. The molecular formula is C7H11N3. The predicted molar refractivity (Wildman–Crippen MR) is 39.3 cm³/mol. The summed E-state index contributed by atoms with van der Waals surface area (Å²) in [5, 5.41) is 9.65. The first-order chi connectivity index (χ1) is 4.60. The Morgan fingerprint density at radius 1 is 1.50 bits per heavy atom. The van der Waals surface area contributed by atoms with E-state index in [1.807, 2.05) is 20.9 Å². The smallest absolute Gasteiger partial charge is 0.138 e. The van der Waals surface area contributed by atoms with Crippen LogP contribution in [0.1, 0.15) is 13.8 Å². The average Bonchev–Trinajstić information content (AvgIpc) is 1.94. The summed E-state index contributed by atoms with van der Waals surface area (Å²) in [7, 11) is 1.86. The van der Waals surface area contributed by atoms with E-state index < -0.39 is 0 Å². The first-order valence-electron chi connectivity index (χ1n) is 3.24. The van der Waals surface area contributed by atoms with Gasteiger partial charge < -0.3 is 0 Å². The molecule has 1 heterocycles. The molecule has 0 saturated carbocycles.